The van der Waals surface area contributed by atoms with E-state index in [4.69, 9.17) is 0 Å². The molecule has 0 fully saturated rings. The third kappa shape index (κ3) is 2.35. The van der Waals surface area contributed by atoms with Gasteiger partial charge in [-0.15, -0.1) is 0 Å². The Balaban J connectivity index is 2.64. The molecule has 0 amide bonds. The number of H-pyrrole nitrogens is 1. The van der Waals surface area contributed by atoms with Gasteiger partial charge in [0.15, 0.2) is 11.6 Å². The summed E-state index contributed by atoms with van der Waals surface area (Å²) in [5, 5.41) is 9.64. The van der Waals surface area contributed by atoms with Gasteiger partial charge in [-0.1, -0.05) is 20.8 Å². The lowest BCUT2D eigenvalue weighted by atomic mass is 9.92. The molecule has 0 saturated heterocycles. The fourth-order valence-corrected chi connectivity index (χ4v) is 2.50. The number of aromatic nitrogens is 5. The Morgan fingerprint density at radius 2 is 2.00 bits per heavy atom. The second kappa shape index (κ2) is 4.64. The SMILES string of the molecule is CNc1nc(-c2ncn[nH]2)nc(C(C)(C)C)c1Br. The number of aromatic amines is 1. The monoisotopic (exact) mass is 310 g/mol. The highest BCUT2D eigenvalue weighted by Gasteiger charge is 2.23. The summed E-state index contributed by atoms with van der Waals surface area (Å²) in [6.45, 7) is 6.30. The number of hydrogen-bond acceptors (Lipinski definition) is 5. The van der Waals surface area contributed by atoms with Gasteiger partial charge in [-0.3, -0.25) is 5.10 Å². The highest BCUT2D eigenvalue weighted by Crippen LogP contribution is 2.33. The summed E-state index contributed by atoms with van der Waals surface area (Å²) in [7, 11) is 1.82. The van der Waals surface area contributed by atoms with Crippen LogP contribution in [-0.2, 0) is 5.41 Å². The van der Waals surface area contributed by atoms with Crippen LogP contribution in [0.15, 0.2) is 10.8 Å². The van der Waals surface area contributed by atoms with Crippen molar-refractivity contribution in [3.8, 4) is 11.6 Å². The minimum Gasteiger partial charge on any atom is -0.372 e. The van der Waals surface area contributed by atoms with E-state index in [0.29, 0.717) is 11.6 Å². The van der Waals surface area contributed by atoms with Gasteiger partial charge in [-0.2, -0.15) is 5.10 Å². The maximum absolute atomic E-state index is 4.56. The smallest absolute Gasteiger partial charge is 0.199 e. The number of halogens is 1. The van der Waals surface area contributed by atoms with Crippen molar-refractivity contribution in [2.45, 2.75) is 26.2 Å². The van der Waals surface area contributed by atoms with Crippen molar-refractivity contribution < 1.29 is 0 Å². The minimum absolute atomic E-state index is 0.0951. The van der Waals surface area contributed by atoms with E-state index in [-0.39, 0.29) is 5.41 Å². The molecule has 0 aliphatic carbocycles. The molecule has 0 atom stereocenters. The summed E-state index contributed by atoms with van der Waals surface area (Å²) in [4.78, 5) is 13.0. The number of nitrogens with zero attached hydrogens (tertiary/aromatic N) is 4. The molecule has 0 saturated carbocycles. The van der Waals surface area contributed by atoms with Gasteiger partial charge >= 0.3 is 0 Å². The van der Waals surface area contributed by atoms with Gasteiger partial charge in [0, 0.05) is 12.5 Å². The Morgan fingerprint density at radius 3 is 2.50 bits per heavy atom. The average Bonchev–Trinajstić information content (AvgIpc) is 2.81. The first-order valence-electron chi connectivity index (χ1n) is 5.55. The first-order valence-corrected chi connectivity index (χ1v) is 6.34. The minimum atomic E-state index is -0.0951. The van der Waals surface area contributed by atoms with Gasteiger partial charge in [-0.05, 0) is 15.9 Å². The van der Waals surface area contributed by atoms with Gasteiger partial charge in [0.2, 0.25) is 0 Å². The molecule has 2 aromatic rings. The summed E-state index contributed by atoms with van der Waals surface area (Å²) in [6.07, 6.45) is 1.44. The molecule has 0 bridgehead atoms. The van der Waals surface area contributed by atoms with Crippen molar-refractivity contribution in [2.24, 2.45) is 0 Å². The summed E-state index contributed by atoms with van der Waals surface area (Å²) < 4.78 is 0.876. The number of rotatable bonds is 2. The topological polar surface area (TPSA) is 79.4 Å². The predicted octanol–water partition coefficient (Wildman–Crippen LogP) is 2.36. The number of anilines is 1. The molecule has 18 heavy (non-hydrogen) atoms. The van der Waals surface area contributed by atoms with Gasteiger partial charge in [-0.25, -0.2) is 15.0 Å². The molecule has 0 aliphatic rings. The highest BCUT2D eigenvalue weighted by molar-refractivity contribution is 9.10. The third-order valence-corrected chi connectivity index (χ3v) is 3.18. The van der Waals surface area contributed by atoms with E-state index in [1.54, 1.807) is 0 Å². The van der Waals surface area contributed by atoms with Crippen molar-refractivity contribution in [1.29, 1.82) is 0 Å². The first-order chi connectivity index (χ1) is 8.43. The Kier molecular flexibility index (Phi) is 3.34. The zero-order valence-electron chi connectivity index (χ0n) is 10.7. The first kappa shape index (κ1) is 12.9. The van der Waals surface area contributed by atoms with Crippen LogP contribution in [0.25, 0.3) is 11.6 Å². The van der Waals surface area contributed by atoms with Crippen molar-refractivity contribution in [3.63, 3.8) is 0 Å². The lowest BCUT2D eigenvalue weighted by molar-refractivity contribution is 0.564. The summed E-state index contributed by atoms with van der Waals surface area (Å²) in [5.74, 6) is 1.83. The molecule has 0 unspecified atom stereocenters. The zero-order chi connectivity index (χ0) is 13.3. The van der Waals surface area contributed by atoms with Crippen LogP contribution in [0, 0.1) is 0 Å². The summed E-state index contributed by atoms with van der Waals surface area (Å²) in [5.41, 5.74) is 0.829. The molecule has 0 aromatic carbocycles. The van der Waals surface area contributed by atoms with E-state index in [0.717, 1.165) is 16.0 Å². The Hall–Kier alpha value is -1.50. The molecule has 7 heteroatoms. The molecule has 2 rings (SSSR count). The normalized spacial score (nSPS) is 11.6. The summed E-state index contributed by atoms with van der Waals surface area (Å²) >= 11 is 3.54. The van der Waals surface area contributed by atoms with Crippen LogP contribution >= 0.6 is 15.9 Å². The van der Waals surface area contributed by atoms with E-state index in [1.165, 1.54) is 6.33 Å². The van der Waals surface area contributed by atoms with Crippen molar-refractivity contribution in [2.75, 3.05) is 12.4 Å². The summed E-state index contributed by atoms with van der Waals surface area (Å²) in [6, 6.07) is 0. The van der Waals surface area contributed by atoms with Gasteiger partial charge in [0.05, 0.1) is 10.2 Å². The average molecular weight is 311 g/mol. The van der Waals surface area contributed by atoms with E-state index < -0.39 is 0 Å². The van der Waals surface area contributed by atoms with Crippen LogP contribution in [0.2, 0.25) is 0 Å². The van der Waals surface area contributed by atoms with Crippen LogP contribution in [0.1, 0.15) is 26.5 Å². The van der Waals surface area contributed by atoms with Crippen LogP contribution < -0.4 is 5.32 Å². The second-order valence-electron chi connectivity index (χ2n) is 4.89. The lowest BCUT2D eigenvalue weighted by Gasteiger charge is -2.21. The molecule has 2 aromatic heterocycles. The lowest BCUT2D eigenvalue weighted by Crippen LogP contribution is -2.17. The van der Waals surface area contributed by atoms with Gasteiger partial charge in [0.1, 0.15) is 12.1 Å². The molecule has 0 radical (unpaired) electrons. The maximum atomic E-state index is 4.56. The van der Waals surface area contributed by atoms with Crippen LogP contribution in [-0.4, -0.2) is 32.2 Å². The van der Waals surface area contributed by atoms with Crippen LogP contribution in [0.4, 0.5) is 5.82 Å². The van der Waals surface area contributed by atoms with E-state index in [9.17, 15) is 0 Å². The van der Waals surface area contributed by atoms with Crippen molar-refractivity contribution in [3.05, 3.63) is 16.5 Å². The van der Waals surface area contributed by atoms with Gasteiger partial charge in [0.25, 0.3) is 0 Å². The predicted molar refractivity (Wildman–Crippen MR) is 73.4 cm³/mol. The number of hydrogen-bond donors (Lipinski definition) is 2. The van der Waals surface area contributed by atoms with E-state index >= 15 is 0 Å². The molecular formula is C11H15BrN6. The Morgan fingerprint density at radius 1 is 1.28 bits per heavy atom. The largest absolute Gasteiger partial charge is 0.372 e. The standard InChI is InChI=1S/C11H15BrN6/c1-11(2,3)7-6(12)8(13-4)17-10(16-7)9-14-5-15-18-9/h5H,1-4H3,(H,13,16,17)(H,14,15,18). The molecule has 6 nitrogen and oxygen atoms in total. The molecule has 0 spiro atoms. The van der Waals surface area contributed by atoms with Crippen molar-refractivity contribution >= 4 is 21.7 Å². The Labute approximate surface area is 114 Å². The number of nitrogens with one attached hydrogen (secondary N) is 2. The van der Waals surface area contributed by atoms with E-state index in [1.807, 2.05) is 7.05 Å². The second-order valence-corrected chi connectivity index (χ2v) is 5.69. The fourth-order valence-electron chi connectivity index (χ4n) is 1.53. The molecule has 2 N–H and O–H groups in total. The molecule has 96 valence electrons. The van der Waals surface area contributed by atoms with Crippen LogP contribution in [0.5, 0.6) is 0 Å². The van der Waals surface area contributed by atoms with Crippen molar-refractivity contribution in [1.82, 2.24) is 25.1 Å². The quantitative estimate of drug-likeness (QED) is 0.890. The molecular weight excluding hydrogens is 296 g/mol. The van der Waals surface area contributed by atoms with E-state index in [2.05, 4.69) is 67.2 Å². The fraction of sp³-hybridized carbons (Fsp3) is 0.455. The zero-order valence-corrected chi connectivity index (χ0v) is 12.3. The third-order valence-electron chi connectivity index (χ3n) is 2.43. The van der Waals surface area contributed by atoms with Gasteiger partial charge < -0.3 is 5.32 Å². The highest BCUT2D eigenvalue weighted by atomic mass is 79.9. The maximum Gasteiger partial charge on any atom is 0.199 e. The Bertz CT molecular complexity index is 543. The van der Waals surface area contributed by atoms with Crippen LogP contribution in [0.3, 0.4) is 0 Å². The molecule has 0 aliphatic heterocycles. The molecule has 2 heterocycles.